The molecule has 1 aliphatic carbocycles. The van der Waals surface area contributed by atoms with Crippen LogP contribution in [0.1, 0.15) is 12.8 Å². The number of nitrogens with one attached hydrogen (secondary N) is 1. The van der Waals surface area contributed by atoms with Gasteiger partial charge in [-0.15, -0.1) is 0 Å². The van der Waals surface area contributed by atoms with Gasteiger partial charge >= 0.3 is 0 Å². The van der Waals surface area contributed by atoms with Crippen molar-refractivity contribution in [3.63, 3.8) is 0 Å². The maximum absolute atomic E-state index is 9.64. The Labute approximate surface area is 93.5 Å². The molecule has 1 fully saturated rings. The fourth-order valence-corrected chi connectivity index (χ4v) is 1.62. The Hall–Kier alpha value is -1.00. The number of rotatable bonds is 4. The molecule has 2 rings (SSSR count). The summed E-state index contributed by atoms with van der Waals surface area (Å²) in [6.45, 7) is 0.490. The lowest BCUT2D eigenvalue weighted by molar-refractivity contribution is 0.164. The van der Waals surface area contributed by atoms with E-state index in [0.717, 1.165) is 12.8 Å². The van der Waals surface area contributed by atoms with Crippen molar-refractivity contribution in [3.05, 3.63) is 17.3 Å². The van der Waals surface area contributed by atoms with Gasteiger partial charge in [-0.05, 0) is 24.8 Å². The summed E-state index contributed by atoms with van der Waals surface area (Å²) < 4.78 is 0. The molecule has 0 bridgehead atoms. The van der Waals surface area contributed by atoms with Gasteiger partial charge in [0.25, 0.3) is 0 Å². The van der Waals surface area contributed by atoms with Gasteiger partial charge in [0.2, 0.25) is 0 Å². The van der Waals surface area contributed by atoms with Gasteiger partial charge in [-0.3, -0.25) is 0 Å². The largest absolute Gasteiger partial charge is 0.396 e. The highest BCUT2D eigenvalue weighted by Crippen LogP contribution is 2.32. The molecule has 4 N–H and O–H groups in total. The summed E-state index contributed by atoms with van der Waals surface area (Å²) in [5.74, 6) is 1.03. The minimum absolute atomic E-state index is 0.304. The van der Waals surface area contributed by atoms with Gasteiger partial charge in [0.1, 0.15) is 5.82 Å². The van der Waals surface area contributed by atoms with Crippen LogP contribution < -0.4 is 11.1 Å². The summed E-state index contributed by atoms with van der Waals surface area (Å²) in [4.78, 5) is 4.05. The van der Waals surface area contributed by atoms with E-state index in [4.69, 9.17) is 17.3 Å². The molecule has 5 heteroatoms. The summed E-state index contributed by atoms with van der Waals surface area (Å²) in [5, 5.41) is 13.2. The first-order valence-corrected chi connectivity index (χ1v) is 5.37. The third-order valence-electron chi connectivity index (χ3n) is 2.53. The van der Waals surface area contributed by atoms with Crippen molar-refractivity contribution in [3.8, 4) is 0 Å². The Balaban J connectivity index is 1.92. The van der Waals surface area contributed by atoms with Crippen LogP contribution in [0.5, 0.6) is 0 Å². The van der Waals surface area contributed by atoms with Crippen LogP contribution in [0.2, 0.25) is 5.02 Å². The van der Waals surface area contributed by atoms with Crippen LogP contribution in [0.15, 0.2) is 12.3 Å². The van der Waals surface area contributed by atoms with E-state index in [2.05, 4.69) is 10.3 Å². The van der Waals surface area contributed by atoms with Crippen molar-refractivity contribution in [1.29, 1.82) is 0 Å². The molecule has 0 spiro atoms. The van der Waals surface area contributed by atoms with Crippen LogP contribution in [0.25, 0.3) is 0 Å². The van der Waals surface area contributed by atoms with Crippen molar-refractivity contribution in [2.75, 3.05) is 17.6 Å². The van der Waals surface area contributed by atoms with Crippen molar-refractivity contribution >= 4 is 23.1 Å². The maximum atomic E-state index is 9.64. The van der Waals surface area contributed by atoms with E-state index in [9.17, 15) is 5.11 Å². The second-order valence-electron chi connectivity index (χ2n) is 3.88. The normalized spacial score (nSPS) is 17.5. The lowest BCUT2D eigenvalue weighted by atomic mass is 10.2. The Morgan fingerprint density at radius 3 is 3.00 bits per heavy atom. The summed E-state index contributed by atoms with van der Waals surface area (Å²) >= 11 is 5.72. The van der Waals surface area contributed by atoms with E-state index >= 15 is 0 Å². The molecule has 0 saturated heterocycles. The Morgan fingerprint density at radius 2 is 2.40 bits per heavy atom. The van der Waals surface area contributed by atoms with Crippen LogP contribution in [-0.4, -0.2) is 22.7 Å². The number of nitrogens with two attached hydrogens (primary N) is 1. The second kappa shape index (κ2) is 4.24. The van der Waals surface area contributed by atoms with Crippen LogP contribution in [0, 0.1) is 5.92 Å². The summed E-state index contributed by atoms with van der Waals surface area (Å²) in [7, 11) is 0. The lowest BCUT2D eigenvalue weighted by Gasteiger charge is -2.12. The molecule has 4 nitrogen and oxygen atoms in total. The number of pyridine rings is 1. The van der Waals surface area contributed by atoms with Crippen LogP contribution >= 0.6 is 11.6 Å². The lowest BCUT2D eigenvalue weighted by Crippen LogP contribution is -2.22. The van der Waals surface area contributed by atoms with Gasteiger partial charge in [0.15, 0.2) is 0 Å². The number of halogens is 1. The van der Waals surface area contributed by atoms with Gasteiger partial charge in [-0.1, -0.05) is 11.6 Å². The van der Waals surface area contributed by atoms with Crippen LogP contribution in [-0.2, 0) is 0 Å². The first-order chi connectivity index (χ1) is 7.16. The minimum Gasteiger partial charge on any atom is -0.396 e. The predicted molar refractivity (Wildman–Crippen MR) is 60.9 cm³/mol. The zero-order valence-corrected chi connectivity index (χ0v) is 9.04. The Morgan fingerprint density at radius 1 is 1.67 bits per heavy atom. The number of hydrogen-bond donors (Lipinski definition) is 3. The van der Waals surface area contributed by atoms with Gasteiger partial charge in [0, 0.05) is 12.7 Å². The molecule has 1 aromatic rings. The number of nitrogens with zero attached hydrogens (tertiary/aromatic N) is 1. The molecule has 0 amide bonds. The monoisotopic (exact) mass is 227 g/mol. The van der Waals surface area contributed by atoms with Crippen LogP contribution in [0.4, 0.5) is 11.5 Å². The first kappa shape index (κ1) is 10.5. The molecule has 1 saturated carbocycles. The van der Waals surface area contributed by atoms with E-state index in [-0.39, 0.29) is 6.10 Å². The van der Waals surface area contributed by atoms with Crippen molar-refractivity contribution in [2.45, 2.75) is 18.9 Å². The van der Waals surface area contributed by atoms with Gasteiger partial charge < -0.3 is 16.2 Å². The van der Waals surface area contributed by atoms with Crippen molar-refractivity contribution < 1.29 is 5.11 Å². The average Bonchev–Trinajstić information content (AvgIpc) is 2.99. The van der Waals surface area contributed by atoms with Gasteiger partial charge in [-0.25, -0.2) is 4.98 Å². The highest BCUT2D eigenvalue weighted by molar-refractivity contribution is 6.30. The molecule has 82 valence electrons. The van der Waals surface area contributed by atoms with Crippen LogP contribution in [0.3, 0.4) is 0 Å². The molecule has 1 heterocycles. The average molecular weight is 228 g/mol. The second-order valence-corrected chi connectivity index (χ2v) is 4.31. The number of nitrogen functional groups attached to an aromatic ring is 1. The zero-order valence-electron chi connectivity index (χ0n) is 8.28. The number of aliphatic hydroxyl groups excluding tert-OH is 1. The fourth-order valence-electron chi connectivity index (χ4n) is 1.45. The highest BCUT2D eigenvalue weighted by Gasteiger charge is 2.29. The van der Waals surface area contributed by atoms with Crippen molar-refractivity contribution in [2.24, 2.45) is 5.92 Å². The quantitative estimate of drug-likeness (QED) is 0.729. The SMILES string of the molecule is Nc1cc(Cl)cnc1NCC(O)C1CC1. The molecule has 1 aromatic heterocycles. The Kier molecular flexibility index (Phi) is 2.98. The topological polar surface area (TPSA) is 71.2 Å². The predicted octanol–water partition coefficient (Wildman–Crippen LogP) is 1.50. The first-order valence-electron chi connectivity index (χ1n) is 5.00. The molecule has 0 aromatic carbocycles. The minimum atomic E-state index is -0.304. The van der Waals surface area contributed by atoms with E-state index < -0.39 is 0 Å². The number of anilines is 2. The summed E-state index contributed by atoms with van der Waals surface area (Å²) in [6, 6.07) is 1.64. The number of hydrogen-bond acceptors (Lipinski definition) is 4. The molecule has 15 heavy (non-hydrogen) atoms. The number of aliphatic hydroxyl groups is 1. The molecule has 0 aliphatic heterocycles. The Bertz CT molecular complexity index is 355. The zero-order chi connectivity index (χ0) is 10.8. The maximum Gasteiger partial charge on any atom is 0.149 e. The smallest absolute Gasteiger partial charge is 0.149 e. The highest BCUT2D eigenvalue weighted by atomic mass is 35.5. The molecule has 1 atom stereocenters. The molecule has 0 radical (unpaired) electrons. The van der Waals surface area contributed by atoms with Gasteiger partial charge in [0.05, 0.1) is 16.8 Å². The summed E-state index contributed by atoms with van der Waals surface area (Å²) in [5.41, 5.74) is 6.21. The van der Waals surface area contributed by atoms with E-state index in [1.54, 1.807) is 6.07 Å². The van der Waals surface area contributed by atoms with Crippen molar-refractivity contribution in [1.82, 2.24) is 4.98 Å². The molecule has 1 aliphatic rings. The van der Waals surface area contributed by atoms with E-state index in [0.29, 0.717) is 29.0 Å². The molecular formula is C10H14ClN3O. The third-order valence-corrected chi connectivity index (χ3v) is 2.74. The fraction of sp³-hybridized carbons (Fsp3) is 0.500. The number of aromatic nitrogens is 1. The third kappa shape index (κ3) is 2.73. The standard InChI is InChI=1S/C10H14ClN3O/c11-7-3-8(12)10(13-4-7)14-5-9(15)6-1-2-6/h3-4,6,9,15H,1-2,5,12H2,(H,13,14). The van der Waals surface area contributed by atoms with E-state index in [1.807, 2.05) is 0 Å². The molecular weight excluding hydrogens is 214 g/mol. The van der Waals surface area contributed by atoms with Gasteiger partial charge in [-0.2, -0.15) is 0 Å². The molecule has 1 unspecified atom stereocenters. The summed E-state index contributed by atoms with van der Waals surface area (Å²) in [6.07, 6.45) is 3.46. The van der Waals surface area contributed by atoms with E-state index in [1.165, 1.54) is 6.20 Å².